The van der Waals surface area contributed by atoms with E-state index < -0.39 is 5.25 Å². The van der Waals surface area contributed by atoms with Gasteiger partial charge in [0, 0.05) is 23.1 Å². The van der Waals surface area contributed by atoms with Crippen molar-refractivity contribution in [2.45, 2.75) is 23.5 Å². The van der Waals surface area contributed by atoms with Crippen LogP contribution in [0.1, 0.15) is 12.0 Å². The second kappa shape index (κ2) is 7.70. The van der Waals surface area contributed by atoms with Gasteiger partial charge in [-0.25, -0.2) is 0 Å². The molecule has 0 spiro atoms. The van der Waals surface area contributed by atoms with Crippen LogP contribution >= 0.6 is 11.8 Å². The summed E-state index contributed by atoms with van der Waals surface area (Å²) in [6.45, 7) is 1.87. The molecule has 0 fully saturated rings. The maximum atomic E-state index is 12.5. The Morgan fingerprint density at radius 3 is 2.62 bits per heavy atom. The molecule has 26 heavy (non-hydrogen) atoms. The van der Waals surface area contributed by atoms with E-state index in [1.807, 2.05) is 31.2 Å². The average molecular weight is 372 g/mol. The molecule has 1 aliphatic heterocycles. The number of benzene rings is 2. The first-order chi connectivity index (χ1) is 12.5. The van der Waals surface area contributed by atoms with Crippen molar-refractivity contribution in [2.75, 3.05) is 24.9 Å². The first-order valence-corrected chi connectivity index (χ1v) is 8.99. The normalized spacial score (nSPS) is 15.7. The van der Waals surface area contributed by atoms with E-state index in [9.17, 15) is 9.59 Å². The zero-order chi connectivity index (χ0) is 18.7. The van der Waals surface area contributed by atoms with Gasteiger partial charge in [0.25, 0.3) is 0 Å². The van der Waals surface area contributed by atoms with Crippen molar-refractivity contribution in [3.8, 4) is 11.5 Å². The fourth-order valence-corrected chi connectivity index (χ4v) is 3.82. The lowest BCUT2D eigenvalue weighted by Gasteiger charge is -2.23. The number of aryl methyl sites for hydroxylation is 1. The lowest BCUT2D eigenvalue weighted by atomic mass is 10.1. The van der Waals surface area contributed by atoms with E-state index in [1.54, 1.807) is 26.4 Å². The highest BCUT2D eigenvalue weighted by molar-refractivity contribution is 8.01. The summed E-state index contributed by atoms with van der Waals surface area (Å²) in [5.41, 5.74) is 2.27. The Morgan fingerprint density at radius 2 is 1.88 bits per heavy atom. The summed E-state index contributed by atoms with van der Waals surface area (Å²) in [7, 11) is 3.10. The molecule has 0 unspecified atom stereocenters. The lowest BCUT2D eigenvalue weighted by molar-refractivity contribution is -0.120. The van der Waals surface area contributed by atoms with Crippen molar-refractivity contribution in [3.63, 3.8) is 0 Å². The third-order valence-corrected chi connectivity index (χ3v) is 5.36. The predicted octanol–water partition coefficient (Wildman–Crippen LogP) is 3.45. The molecule has 0 saturated carbocycles. The first kappa shape index (κ1) is 18.1. The Bertz CT molecular complexity index is 853. The summed E-state index contributed by atoms with van der Waals surface area (Å²) in [6.07, 6.45) is 0.0820. The van der Waals surface area contributed by atoms with E-state index in [4.69, 9.17) is 9.47 Å². The van der Waals surface area contributed by atoms with Gasteiger partial charge in [-0.2, -0.15) is 0 Å². The van der Waals surface area contributed by atoms with Gasteiger partial charge in [-0.05, 0) is 30.7 Å². The molecule has 0 bridgehead atoms. The highest BCUT2D eigenvalue weighted by Gasteiger charge is 2.29. The van der Waals surface area contributed by atoms with Gasteiger partial charge in [0.05, 0.1) is 25.2 Å². The van der Waals surface area contributed by atoms with Gasteiger partial charge in [0.15, 0.2) is 11.5 Å². The fraction of sp³-hybridized carbons (Fsp3) is 0.263. The molecule has 6 nitrogen and oxygen atoms in total. The van der Waals surface area contributed by atoms with E-state index in [-0.39, 0.29) is 18.2 Å². The number of carbonyl (C=O) groups excluding carboxylic acids is 2. The van der Waals surface area contributed by atoms with E-state index in [0.717, 1.165) is 16.1 Å². The van der Waals surface area contributed by atoms with Gasteiger partial charge in [0.1, 0.15) is 0 Å². The van der Waals surface area contributed by atoms with Crippen LogP contribution in [0.2, 0.25) is 0 Å². The van der Waals surface area contributed by atoms with Crippen molar-refractivity contribution in [2.24, 2.45) is 0 Å². The van der Waals surface area contributed by atoms with E-state index in [0.29, 0.717) is 17.2 Å². The van der Waals surface area contributed by atoms with Crippen molar-refractivity contribution >= 4 is 35.0 Å². The Morgan fingerprint density at radius 1 is 1.19 bits per heavy atom. The number of methoxy groups -OCH3 is 2. The number of hydrogen-bond donors (Lipinski definition) is 2. The Labute approximate surface area is 156 Å². The highest BCUT2D eigenvalue weighted by Crippen LogP contribution is 2.37. The summed E-state index contributed by atoms with van der Waals surface area (Å²) in [4.78, 5) is 25.7. The minimum Gasteiger partial charge on any atom is -0.493 e. The predicted molar refractivity (Wildman–Crippen MR) is 102 cm³/mol. The van der Waals surface area contributed by atoms with Crippen LogP contribution in [0.15, 0.2) is 41.3 Å². The molecule has 1 heterocycles. The monoisotopic (exact) mass is 372 g/mol. The molecule has 2 N–H and O–H groups in total. The molecular weight excluding hydrogens is 352 g/mol. The number of nitrogens with one attached hydrogen (secondary N) is 2. The quantitative estimate of drug-likeness (QED) is 0.841. The zero-order valence-corrected chi connectivity index (χ0v) is 15.6. The molecule has 2 aromatic carbocycles. The zero-order valence-electron chi connectivity index (χ0n) is 14.8. The van der Waals surface area contributed by atoms with Gasteiger partial charge in [-0.15, -0.1) is 11.8 Å². The Kier molecular flexibility index (Phi) is 5.37. The molecular formula is C19H20N2O4S. The lowest BCUT2D eigenvalue weighted by Crippen LogP contribution is -2.32. The van der Waals surface area contributed by atoms with Crippen molar-refractivity contribution in [1.82, 2.24) is 0 Å². The second-order valence-corrected chi connectivity index (χ2v) is 7.11. The molecule has 7 heteroatoms. The molecule has 2 aromatic rings. The minimum absolute atomic E-state index is 0.0820. The standard InChI is InChI=1S/C19H20N2O4S/c1-11-8-14(24-2)15(25-3)9-13(11)20-18(22)10-17-19(23)21-12-6-4-5-7-16(12)26-17/h4-9,17H,10H2,1-3H3,(H,20,22)(H,21,23)/t17-/m1/s1. The Balaban J connectivity index is 1.71. The molecule has 0 saturated heterocycles. The summed E-state index contributed by atoms with van der Waals surface area (Å²) >= 11 is 1.40. The van der Waals surface area contributed by atoms with Crippen LogP contribution in [0, 0.1) is 6.92 Å². The molecule has 2 amide bonds. The molecule has 0 aliphatic carbocycles. The maximum Gasteiger partial charge on any atom is 0.238 e. The smallest absolute Gasteiger partial charge is 0.238 e. The van der Waals surface area contributed by atoms with Crippen LogP contribution in [0.5, 0.6) is 11.5 Å². The number of fused-ring (bicyclic) bond motifs is 1. The van der Waals surface area contributed by atoms with Crippen molar-refractivity contribution in [1.29, 1.82) is 0 Å². The largest absolute Gasteiger partial charge is 0.493 e. The van der Waals surface area contributed by atoms with Gasteiger partial charge in [0.2, 0.25) is 11.8 Å². The van der Waals surface area contributed by atoms with Crippen LogP contribution in [0.4, 0.5) is 11.4 Å². The number of ether oxygens (including phenoxy) is 2. The van der Waals surface area contributed by atoms with Crippen LogP contribution in [-0.2, 0) is 9.59 Å². The molecule has 1 atom stereocenters. The van der Waals surface area contributed by atoms with Crippen LogP contribution in [0.25, 0.3) is 0 Å². The average Bonchev–Trinajstić information content (AvgIpc) is 2.63. The van der Waals surface area contributed by atoms with Gasteiger partial charge < -0.3 is 20.1 Å². The van der Waals surface area contributed by atoms with E-state index in [2.05, 4.69) is 10.6 Å². The molecule has 0 radical (unpaired) electrons. The molecule has 1 aliphatic rings. The summed E-state index contributed by atoms with van der Waals surface area (Å²) in [5.74, 6) is 0.745. The summed E-state index contributed by atoms with van der Waals surface area (Å²) < 4.78 is 10.5. The summed E-state index contributed by atoms with van der Waals surface area (Å²) in [5, 5.41) is 5.24. The number of anilines is 2. The minimum atomic E-state index is -0.467. The second-order valence-electron chi connectivity index (χ2n) is 5.87. The van der Waals surface area contributed by atoms with Gasteiger partial charge in [-0.3, -0.25) is 9.59 Å². The summed E-state index contributed by atoms with van der Waals surface area (Å²) in [6, 6.07) is 11.1. The van der Waals surface area contributed by atoms with Crippen LogP contribution < -0.4 is 20.1 Å². The molecule has 0 aromatic heterocycles. The van der Waals surface area contributed by atoms with Gasteiger partial charge >= 0.3 is 0 Å². The third-order valence-electron chi connectivity index (χ3n) is 4.08. The van der Waals surface area contributed by atoms with E-state index in [1.165, 1.54) is 11.8 Å². The number of thioether (sulfide) groups is 1. The Hall–Kier alpha value is -2.67. The number of amides is 2. The van der Waals surface area contributed by atoms with Crippen molar-refractivity contribution in [3.05, 3.63) is 42.0 Å². The van der Waals surface area contributed by atoms with E-state index >= 15 is 0 Å². The SMILES string of the molecule is COc1cc(C)c(NC(=O)C[C@H]2Sc3ccccc3NC2=O)cc1OC. The fourth-order valence-electron chi connectivity index (χ4n) is 2.71. The van der Waals surface area contributed by atoms with Crippen LogP contribution in [-0.4, -0.2) is 31.3 Å². The number of carbonyl (C=O) groups is 2. The maximum absolute atomic E-state index is 12.5. The topological polar surface area (TPSA) is 76.7 Å². The number of hydrogen-bond acceptors (Lipinski definition) is 5. The molecule has 136 valence electrons. The number of rotatable bonds is 5. The third kappa shape index (κ3) is 3.77. The van der Waals surface area contributed by atoms with Crippen LogP contribution in [0.3, 0.4) is 0 Å². The molecule has 3 rings (SSSR count). The number of para-hydroxylation sites is 1. The first-order valence-electron chi connectivity index (χ1n) is 8.11. The van der Waals surface area contributed by atoms with Crippen molar-refractivity contribution < 1.29 is 19.1 Å². The van der Waals surface area contributed by atoms with Gasteiger partial charge in [-0.1, -0.05) is 12.1 Å². The highest BCUT2D eigenvalue weighted by atomic mass is 32.2.